The van der Waals surface area contributed by atoms with Crippen LogP contribution in [0.2, 0.25) is 0 Å². The fourth-order valence-corrected chi connectivity index (χ4v) is 3.46. The van der Waals surface area contributed by atoms with Crippen molar-refractivity contribution in [3.8, 4) is 0 Å². The molecule has 0 bridgehead atoms. The zero-order chi connectivity index (χ0) is 20.1. The Bertz CT molecular complexity index is 899. The SMILES string of the molecule is CCOC(=O)c1c(NC(=O)c2ccn(CCC(=O)O)n2)sc(C(C)=O)c1C. The van der Waals surface area contributed by atoms with Crippen LogP contribution in [0.1, 0.15) is 56.3 Å². The van der Waals surface area contributed by atoms with E-state index in [0.29, 0.717) is 10.4 Å². The van der Waals surface area contributed by atoms with E-state index in [4.69, 9.17) is 9.84 Å². The highest BCUT2D eigenvalue weighted by Crippen LogP contribution is 2.34. The van der Waals surface area contributed by atoms with E-state index in [1.54, 1.807) is 13.8 Å². The topological polar surface area (TPSA) is 128 Å². The number of aliphatic carboxylic acids is 1. The predicted molar refractivity (Wildman–Crippen MR) is 97.5 cm³/mol. The summed E-state index contributed by atoms with van der Waals surface area (Å²) < 4.78 is 6.36. The molecule has 2 heterocycles. The Morgan fingerprint density at radius 1 is 1.33 bits per heavy atom. The number of aryl methyl sites for hydroxylation is 1. The van der Waals surface area contributed by atoms with Crippen molar-refractivity contribution in [1.82, 2.24) is 9.78 Å². The highest BCUT2D eigenvalue weighted by atomic mass is 32.1. The number of carboxylic acids is 1. The summed E-state index contributed by atoms with van der Waals surface area (Å²) in [5.41, 5.74) is 0.657. The second kappa shape index (κ2) is 8.58. The van der Waals surface area contributed by atoms with E-state index in [1.807, 2.05) is 0 Å². The molecule has 9 nitrogen and oxygen atoms in total. The molecule has 0 aromatic carbocycles. The number of thiophene rings is 1. The fraction of sp³-hybridized carbons (Fsp3) is 0.353. The van der Waals surface area contributed by atoms with Gasteiger partial charge in [-0.15, -0.1) is 11.3 Å². The maximum absolute atomic E-state index is 12.5. The number of esters is 1. The number of ether oxygens (including phenoxy) is 1. The molecule has 0 saturated carbocycles. The zero-order valence-electron chi connectivity index (χ0n) is 15.1. The van der Waals surface area contributed by atoms with Crippen molar-refractivity contribution in [2.75, 3.05) is 11.9 Å². The van der Waals surface area contributed by atoms with Crippen LogP contribution in [0.25, 0.3) is 0 Å². The van der Waals surface area contributed by atoms with Gasteiger partial charge in [-0.2, -0.15) is 5.10 Å². The Labute approximate surface area is 158 Å². The Morgan fingerprint density at radius 3 is 2.63 bits per heavy atom. The summed E-state index contributed by atoms with van der Waals surface area (Å²) in [6.45, 7) is 4.95. The van der Waals surface area contributed by atoms with Gasteiger partial charge in [-0.25, -0.2) is 4.79 Å². The van der Waals surface area contributed by atoms with Crippen molar-refractivity contribution in [3.05, 3.63) is 34.0 Å². The lowest BCUT2D eigenvalue weighted by Gasteiger charge is -2.06. The van der Waals surface area contributed by atoms with Gasteiger partial charge >= 0.3 is 11.9 Å². The summed E-state index contributed by atoms with van der Waals surface area (Å²) in [4.78, 5) is 47.4. The fourth-order valence-electron chi connectivity index (χ4n) is 2.37. The van der Waals surface area contributed by atoms with Gasteiger partial charge in [-0.1, -0.05) is 0 Å². The Kier molecular flexibility index (Phi) is 6.45. The normalized spacial score (nSPS) is 10.5. The molecule has 0 aliphatic heterocycles. The zero-order valence-corrected chi connectivity index (χ0v) is 15.9. The maximum atomic E-state index is 12.5. The smallest absolute Gasteiger partial charge is 0.341 e. The Balaban J connectivity index is 2.26. The number of hydrogen-bond donors (Lipinski definition) is 2. The van der Waals surface area contributed by atoms with Gasteiger partial charge < -0.3 is 15.2 Å². The summed E-state index contributed by atoms with van der Waals surface area (Å²) in [5.74, 6) is -2.39. The molecule has 0 atom stereocenters. The highest BCUT2D eigenvalue weighted by Gasteiger charge is 2.26. The molecular weight excluding hydrogens is 374 g/mol. The van der Waals surface area contributed by atoms with Gasteiger partial charge in [-0.3, -0.25) is 19.1 Å². The van der Waals surface area contributed by atoms with Gasteiger partial charge in [0.05, 0.1) is 30.0 Å². The number of nitrogens with zero attached hydrogens (tertiary/aromatic N) is 2. The quantitative estimate of drug-likeness (QED) is 0.520. The summed E-state index contributed by atoms with van der Waals surface area (Å²) in [6, 6.07) is 1.44. The molecule has 27 heavy (non-hydrogen) atoms. The van der Waals surface area contributed by atoms with E-state index in [2.05, 4.69) is 10.4 Å². The van der Waals surface area contributed by atoms with Gasteiger partial charge in [0, 0.05) is 6.20 Å². The molecule has 2 aromatic heterocycles. The van der Waals surface area contributed by atoms with Crippen LogP contribution in [-0.2, 0) is 16.1 Å². The number of Topliss-reactive ketones (excluding diaryl/α,β-unsaturated/α-hetero) is 1. The third kappa shape index (κ3) is 4.79. The molecule has 0 spiro atoms. The molecule has 0 fully saturated rings. The van der Waals surface area contributed by atoms with E-state index >= 15 is 0 Å². The molecule has 2 aromatic rings. The molecule has 10 heteroatoms. The number of nitrogens with one attached hydrogen (secondary N) is 1. The van der Waals surface area contributed by atoms with Crippen LogP contribution in [0.5, 0.6) is 0 Å². The number of ketones is 1. The van der Waals surface area contributed by atoms with Crippen LogP contribution in [0.15, 0.2) is 12.3 Å². The number of carboxylic acid groups (broad SMARTS) is 1. The lowest BCUT2D eigenvalue weighted by molar-refractivity contribution is -0.137. The number of carbonyl (C=O) groups excluding carboxylic acids is 3. The van der Waals surface area contributed by atoms with Crippen molar-refractivity contribution in [1.29, 1.82) is 0 Å². The third-order valence-corrected chi connectivity index (χ3v) is 4.91. The lowest BCUT2D eigenvalue weighted by atomic mass is 10.1. The van der Waals surface area contributed by atoms with Gasteiger partial charge in [0.2, 0.25) is 0 Å². The minimum absolute atomic E-state index is 0.0608. The predicted octanol–water partition coefficient (Wildman–Crippen LogP) is 2.36. The van der Waals surface area contributed by atoms with E-state index in [9.17, 15) is 19.2 Å². The number of rotatable bonds is 8. The number of hydrogen-bond acceptors (Lipinski definition) is 7. The van der Waals surface area contributed by atoms with Crippen LogP contribution < -0.4 is 5.32 Å². The van der Waals surface area contributed by atoms with Crippen LogP contribution in [-0.4, -0.2) is 45.1 Å². The standard InChI is InChI=1S/C17H19N3O6S/c1-4-26-17(25)13-9(2)14(10(3)21)27-16(13)18-15(24)11-5-7-20(19-11)8-6-12(22)23/h5,7H,4,6,8H2,1-3H3,(H,18,24)(H,22,23). The Hall–Kier alpha value is -3.01. The van der Waals surface area contributed by atoms with E-state index in [0.717, 1.165) is 11.3 Å². The van der Waals surface area contributed by atoms with Crippen molar-refractivity contribution < 1.29 is 29.0 Å². The lowest BCUT2D eigenvalue weighted by Crippen LogP contribution is -2.16. The van der Waals surface area contributed by atoms with Crippen LogP contribution in [0.3, 0.4) is 0 Å². The van der Waals surface area contributed by atoms with Crippen LogP contribution >= 0.6 is 11.3 Å². The highest BCUT2D eigenvalue weighted by molar-refractivity contribution is 7.18. The summed E-state index contributed by atoms with van der Waals surface area (Å²) >= 11 is 0.998. The van der Waals surface area contributed by atoms with E-state index in [1.165, 1.54) is 23.9 Å². The molecule has 0 saturated heterocycles. The first kappa shape index (κ1) is 20.3. The maximum Gasteiger partial charge on any atom is 0.341 e. The monoisotopic (exact) mass is 393 g/mol. The summed E-state index contributed by atoms with van der Waals surface area (Å²) in [6.07, 6.45) is 1.37. The van der Waals surface area contributed by atoms with E-state index in [-0.39, 0.29) is 41.6 Å². The second-order valence-electron chi connectivity index (χ2n) is 5.60. The average Bonchev–Trinajstić information content (AvgIpc) is 3.18. The average molecular weight is 393 g/mol. The van der Waals surface area contributed by atoms with Gasteiger partial charge in [0.1, 0.15) is 5.00 Å². The molecule has 144 valence electrons. The first-order valence-corrected chi connectivity index (χ1v) is 8.94. The second-order valence-corrected chi connectivity index (χ2v) is 6.62. The molecule has 1 amide bonds. The van der Waals surface area contributed by atoms with Crippen molar-refractivity contribution in [3.63, 3.8) is 0 Å². The van der Waals surface area contributed by atoms with Crippen LogP contribution in [0.4, 0.5) is 5.00 Å². The molecular formula is C17H19N3O6S. The molecule has 2 N–H and O–H groups in total. The molecule has 0 unspecified atom stereocenters. The third-order valence-electron chi connectivity index (χ3n) is 3.60. The minimum atomic E-state index is -0.971. The number of anilines is 1. The molecule has 0 aliphatic carbocycles. The number of carbonyl (C=O) groups is 4. The van der Waals surface area contributed by atoms with Crippen molar-refractivity contribution in [2.24, 2.45) is 0 Å². The number of amides is 1. The molecule has 0 radical (unpaired) electrons. The first-order chi connectivity index (χ1) is 12.7. The van der Waals surface area contributed by atoms with E-state index < -0.39 is 17.8 Å². The van der Waals surface area contributed by atoms with Gasteiger partial charge in [0.15, 0.2) is 11.5 Å². The Morgan fingerprint density at radius 2 is 2.04 bits per heavy atom. The summed E-state index contributed by atoms with van der Waals surface area (Å²) in [5, 5.41) is 15.5. The summed E-state index contributed by atoms with van der Waals surface area (Å²) in [7, 11) is 0. The van der Waals surface area contributed by atoms with Gasteiger partial charge in [-0.05, 0) is 32.4 Å². The molecule has 0 aliphatic rings. The minimum Gasteiger partial charge on any atom is -0.481 e. The van der Waals surface area contributed by atoms with Gasteiger partial charge in [0.25, 0.3) is 5.91 Å². The largest absolute Gasteiger partial charge is 0.481 e. The number of aromatic nitrogens is 2. The van der Waals surface area contributed by atoms with Crippen molar-refractivity contribution >= 4 is 40.0 Å². The molecule has 2 rings (SSSR count). The van der Waals surface area contributed by atoms with Crippen LogP contribution in [0, 0.1) is 6.92 Å². The first-order valence-electron chi connectivity index (χ1n) is 8.12. The van der Waals surface area contributed by atoms with Crippen molar-refractivity contribution in [2.45, 2.75) is 33.7 Å².